The average molecular weight is 451 g/mol. The van der Waals surface area contributed by atoms with Gasteiger partial charge in [-0.15, -0.1) is 21.5 Å². The highest BCUT2D eigenvalue weighted by Gasteiger charge is 2.18. The van der Waals surface area contributed by atoms with Crippen molar-refractivity contribution in [1.82, 2.24) is 14.8 Å². The summed E-state index contributed by atoms with van der Waals surface area (Å²) in [4.78, 5) is 13.6. The van der Waals surface area contributed by atoms with Crippen molar-refractivity contribution >= 4 is 34.7 Å². The SMILES string of the molecule is O=C(CSc1nnc(-c2cccs2)n1-c1ccccc1)Nc1ccc2c(c1)OCCO2. The maximum atomic E-state index is 12.6. The molecule has 7 nitrogen and oxygen atoms in total. The summed E-state index contributed by atoms with van der Waals surface area (Å²) in [6, 6.07) is 19.3. The summed E-state index contributed by atoms with van der Waals surface area (Å²) in [5.74, 6) is 2.15. The van der Waals surface area contributed by atoms with Crippen LogP contribution in [0, 0.1) is 0 Å². The number of carbonyl (C=O) groups is 1. The molecule has 2 aromatic carbocycles. The van der Waals surface area contributed by atoms with Gasteiger partial charge in [-0.05, 0) is 35.7 Å². The van der Waals surface area contributed by atoms with E-state index in [4.69, 9.17) is 9.47 Å². The summed E-state index contributed by atoms with van der Waals surface area (Å²) < 4.78 is 13.1. The Balaban J connectivity index is 1.33. The molecule has 0 fully saturated rings. The highest BCUT2D eigenvalue weighted by molar-refractivity contribution is 7.99. The number of rotatable bonds is 6. The van der Waals surface area contributed by atoms with E-state index < -0.39 is 0 Å². The molecule has 0 saturated heterocycles. The second-order valence-corrected chi connectivity index (χ2v) is 8.54. The molecule has 31 heavy (non-hydrogen) atoms. The van der Waals surface area contributed by atoms with Crippen molar-refractivity contribution in [2.45, 2.75) is 5.16 Å². The number of anilines is 1. The molecule has 0 radical (unpaired) electrons. The number of aromatic nitrogens is 3. The fourth-order valence-corrected chi connectivity index (χ4v) is 4.64. The molecule has 1 aliphatic heterocycles. The Hall–Kier alpha value is -3.30. The van der Waals surface area contributed by atoms with Gasteiger partial charge in [0.15, 0.2) is 22.5 Å². The minimum absolute atomic E-state index is 0.137. The molecule has 2 aromatic heterocycles. The predicted molar refractivity (Wildman–Crippen MR) is 121 cm³/mol. The molecule has 0 spiro atoms. The van der Waals surface area contributed by atoms with E-state index in [0.717, 1.165) is 16.4 Å². The number of nitrogens with one attached hydrogen (secondary N) is 1. The standard InChI is InChI=1S/C22H18N4O3S2/c27-20(23-15-8-9-17-18(13-15)29-11-10-28-17)14-31-22-25-24-21(19-7-4-12-30-19)26(22)16-5-2-1-3-6-16/h1-9,12-13H,10-11,14H2,(H,23,27). The van der Waals surface area contributed by atoms with Crippen LogP contribution in [-0.4, -0.2) is 39.6 Å². The molecule has 0 bridgehead atoms. The first kappa shape index (κ1) is 19.7. The molecule has 156 valence electrons. The van der Waals surface area contributed by atoms with Gasteiger partial charge >= 0.3 is 0 Å². The summed E-state index contributed by atoms with van der Waals surface area (Å²) in [5.41, 5.74) is 1.62. The van der Waals surface area contributed by atoms with Gasteiger partial charge in [-0.25, -0.2) is 0 Å². The Labute approximate surface area is 187 Å². The first-order valence-corrected chi connectivity index (χ1v) is 11.5. The first-order chi connectivity index (χ1) is 15.3. The zero-order chi connectivity index (χ0) is 21.0. The van der Waals surface area contributed by atoms with Gasteiger partial charge in [-0.3, -0.25) is 9.36 Å². The third-order valence-corrected chi connectivity index (χ3v) is 6.34. The van der Waals surface area contributed by atoms with Crippen molar-refractivity contribution in [3.05, 3.63) is 66.0 Å². The number of carbonyl (C=O) groups excluding carboxylic acids is 1. The van der Waals surface area contributed by atoms with Crippen LogP contribution in [-0.2, 0) is 4.79 Å². The van der Waals surface area contributed by atoms with Crippen LogP contribution in [0.4, 0.5) is 5.69 Å². The van der Waals surface area contributed by atoms with Crippen LogP contribution in [0.5, 0.6) is 11.5 Å². The second-order valence-electron chi connectivity index (χ2n) is 6.65. The smallest absolute Gasteiger partial charge is 0.234 e. The van der Waals surface area contributed by atoms with Crippen LogP contribution in [0.3, 0.4) is 0 Å². The first-order valence-electron chi connectivity index (χ1n) is 9.65. The molecule has 1 amide bonds. The minimum Gasteiger partial charge on any atom is -0.486 e. The molecular weight excluding hydrogens is 432 g/mol. The lowest BCUT2D eigenvalue weighted by Crippen LogP contribution is -2.17. The number of ether oxygens (including phenoxy) is 2. The van der Waals surface area contributed by atoms with Gasteiger partial charge in [-0.1, -0.05) is 36.0 Å². The maximum Gasteiger partial charge on any atom is 0.234 e. The number of fused-ring (bicyclic) bond motifs is 1. The Kier molecular flexibility index (Phi) is 5.59. The normalized spacial score (nSPS) is 12.5. The molecule has 0 unspecified atom stereocenters. The Morgan fingerprint density at radius 3 is 2.68 bits per heavy atom. The average Bonchev–Trinajstić information content (AvgIpc) is 3.48. The lowest BCUT2D eigenvalue weighted by Gasteiger charge is -2.19. The number of thiophene rings is 1. The van der Waals surface area contributed by atoms with E-state index >= 15 is 0 Å². The van der Waals surface area contributed by atoms with Gasteiger partial charge < -0.3 is 14.8 Å². The van der Waals surface area contributed by atoms with Crippen molar-refractivity contribution in [3.8, 4) is 27.9 Å². The zero-order valence-electron chi connectivity index (χ0n) is 16.4. The Morgan fingerprint density at radius 1 is 1.03 bits per heavy atom. The number of hydrogen-bond donors (Lipinski definition) is 1. The molecule has 9 heteroatoms. The van der Waals surface area contributed by atoms with Gasteiger partial charge in [0.2, 0.25) is 5.91 Å². The quantitative estimate of drug-likeness (QED) is 0.436. The maximum absolute atomic E-state index is 12.6. The van der Waals surface area contributed by atoms with E-state index in [2.05, 4.69) is 15.5 Å². The fourth-order valence-electron chi connectivity index (χ4n) is 3.19. The molecule has 0 saturated carbocycles. The van der Waals surface area contributed by atoms with Crippen molar-refractivity contribution in [2.24, 2.45) is 0 Å². The van der Waals surface area contributed by atoms with E-state index in [-0.39, 0.29) is 11.7 Å². The highest BCUT2D eigenvalue weighted by Crippen LogP contribution is 2.33. The summed E-state index contributed by atoms with van der Waals surface area (Å²) in [6.07, 6.45) is 0. The lowest BCUT2D eigenvalue weighted by molar-refractivity contribution is -0.113. The summed E-state index contributed by atoms with van der Waals surface area (Å²) in [7, 11) is 0. The molecule has 0 atom stereocenters. The van der Waals surface area contributed by atoms with Crippen LogP contribution in [0.15, 0.2) is 71.2 Å². The third kappa shape index (κ3) is 4.28. The second kappa shape index (κ2) is 8.83. The Bertz CT molecular complexity index is 1190. The molecule has 0 aliphatic carbocycles. The number of hydrogen-bond acceptors (Lipinski definition) is 7. The highest BCUT2D eigenvalue weighted by atomic mass is 32.2. The van der Waals surface area contributed by atoms with Crippen LogP contribution in [0.1, 0.15) is 0 Å². The van der Waals surface area contributed by atoms with Gasteiger partial charge in [0.25, 0.3) is 0 Å². The molecule has 3 heterocycles. The molecular formula is C22H18N4O3S2. The van der Waals surface area contributed by atoms with Crippen molar-refractivity contribution < 1.29 is 14.3 Å². The number of para-hydroxylation sites is 1. The monoisotopic (exact) mass is 450 g/mol. The third-order valence-electron chi connectivity index (χ3n) is 4.55. The lowest BCUT2D eigenvalue weighted by atomic mass is 10.2. The van der Waals surface area contributed by atoms with E-state index in [9.17, 15) is 4.79 Å². The van der Waals surface area contributed by atoms with Gasteiger partial charge in [0.05, 0.1) is 10.6 Å². The van der Waals surface area contributed by atoms with Crippen molar-refractivity contribution in [1.29, 1.82) is 0 Å². The van der Waals surface area contributed by atoms with Crippen LogP contribution in [0.2, 0.25) is 0 Å². The number of thioether (sulfide) groups is 1. The van der Waals surface area contributed by atoms with Gasteiger partial charge in [-0.2, -0.15) is 0 Å². The van der Waals surface area contributed by atoms with Crippen molar-refractivity contribution in [3.63, 3.8) is 0 Å². The van der Waals surface area contributed by atoms with Crippen molar-refractivity contribution in [2.75, 3.05) is 24.3 Å². The predicted octanol–water partition coefficient (Wildman–Crippen LogP) is 4.50. The Morgan fingerprint density at radius 2 is 1.87 bits per heavy atom. The summed E-state index contributed by atoms with van der Waals surface area (Å²) >= 11 is 2.94. The van der Waals surface area contributed by atoms with E-state index in [1.165, 1.54) is 11.8 Å². The van der Waals surface area contributed by atoms with Crippen LogP contribution < -0.4 is 14.8 Å². The number of nitrogens with zero attached hydrogens (tertiary/aromatic N) is 3. The van der Waals surface area contributed by atoms with E-state index in [1.807, 2.05) is 52.4 Å². The fraction of sp³-hybridized carbons (Fsp3) is 0.136. The zero-order valence-corrected chi connectivity index (χ0v) is 18.0. The number of amides is 1. The molecule has 5 rings (SSSR count). The van der Waals surface area contributed by atoms with Crippen LogP contribution >= 0.6 is 23.1 Å². The molecule has 1 aliphatic rings. The summed E-state index contributed by atoms with van der Waals surface area (Å²) in [5, 5.41) is 14.3. The van der Waals surface area contributed by atoms with Crippen LogP contribution in [0.25, 0.3) is 16.4 Å². The topological polar surface area (TPSA) is 78.3 Å². The van der Waals surface area contributed by atoms with E-state index in [0.29, 0.717) is 35.6 Å². The molecule has 1 N–H and O–H groups in total. The number of benzene rings is 2. The van der Waals surface area contributed by atoms with Gasteiger partial charge in [0.1, 0.15) is 13.2 Å². The minimum atomic E-state index is -0.137. The largest absolute Gasteiger partial charge is 0.486 e. The molecule has 4 aromatic rings. The van der Waals surface area contributed by atoms with E-state index in [1.54, 1.807) is 29.5 Å². The van der Waals surface area contributed by atoms with Gasteiger partial charge in [0, 0.05) is 17.4 Å². The summed E-state index contributed by atoms with van der Waals surface area (Å²) in [6.45, 7) is 1.03.